The van der Waals surface area contributed by atoms with E-state index in [2.05, 4.69) is 0 Å². The van der Waals surface area contributed by atoms with Crippen molar-refractivity contribution in [2.45, 2.75) is 31.9 Å². The number of benzene rings is 1. The third-order valence-corrected chi connectivity index (χ3v) is 4.76. The minimum Gasteiger partial charge on any atom is -0.461 e. The Hall–Kier alpha value is -1.06. The average Bonchev–Trinajstić information content (AvgIpc) is 2.97. The van der Waals surface area contributed by atoms with Gasteiger partial charge < -0.3 is 10.5 Å². The predicted octanol–water partition coefficient (Wildman–Crippen LogP) is 2.76. The van der Waals surface area contributed by atoms with Crippen molar-refractivity contribution in [3.63, 3.8) is 0 Å². The van der Waals surface area contributed by atoms with E-state index in [-0.39, 0.29) is 24.5 Å². The highest BCUT2D eigenvalue weighted by molar-refractivity contribution is 6.30. The van der Waals surface area contributed by atoms with E-state index in [1.165, 1.54) is 6.42 Å². The van der Waals surface area contributed by atoms with E-state index in [1.54, 1.807) is 6.07 Å². The molecule has 2 saturated carbocycles. The van der Waals surface area contributed by atoms with Crippen LogP contribution in [0.5, 0.6) is 0 Å². The number of halogens is 1. The number of hydrogen-bond donors (Lipinski definition) is 1. The Morgan fingerprint density at radius 3 is 2.84 bits per heavy atom. The normalized spacial score (nSPS) is 32.5. The van der Waals surface area contributed by atoms with Gasteiger partial charge in [0.15, 0.2) is 0 Å². The molecule has 1 aromatic carbocycles. The summed E-state index contributed by atoms with van der Waals surface area (Å²) in [6.07, 6.45) is 3.39. The van der Waals surface area contributed by atoms with Crippen molar-refractivity contribution in [2.75, 3.05) is 0 Å². The Balaban J connectivity index is 1.60. The van der Waals surface area contributed by atoms with Crippen molar-refractivity contribution in [1.29, 1.82) is 0 Å². The zero-order valence-electron chi connectivity index (χ0n) is 10.7. The Bertz CT molecular complexity index is 489. The molecule has 0 saturated heterocycles. The second-order valence-electron chi connectivity index (χ2n) is 5.67. The summed E-state index contributed by atoms with van der Waals surface area (Å²) in [6.45, 7) is 0.278. The summed E-state index contributed by atoms with van der Waals surface area (Å²) in [7, 11) is 0. The maximum Gasteiger partial charge on any atom is 0.311 e. The lowest BCUT2D eigenvalue weighted by atomic mass is 9.85. The fraction of sp³-hybridized carbons (Fsp3) is 0.533. The van der Waals surface area contributed by atoms with Gasteiger partial charge >= 0.3 is 5.97 Å². The fourth-order valence-corrected chi connectivity index (χ4v) is 3.78. The van der Waals surface area contributed by atoms with Gasteiger partial charge in [0.05, 0.1) is 5.92 Å². The van der Waals surface area contributed by atoms with Crippen LogP contribution in [0.15, 0.2) is 24.3 Å². The number of hydrogen-bond acceptors (Lipinski definition) is 3. The van der Waals surface area contributed by atoms with Crippen molar-refractivity contribution < 1.29 is 9.53 Å². The molecule has 0 amide bonds. The first-order valence-electron chi connectivity index (χ1n) is 6.82. The summed E-state index contributed by atoms with van der Waals surface area (Å²) in [5, 5.41) is 0.658. The first-order valence-corrected chi connectivity index (χ1v) is 7.19. The van der Waals surface area contributed by atoms with Crippen LogP contribution in [0.25, 0.3) is 0 Å². The average molecular weight is 280 g/mol. The molecule has 1 aromatic rings. The zero-order valence-corrected chi connectivity index (χ0v) is 11.5. The van der Waals surface area contributed by atoms with Crippen LogP contribution in [-0.2, 0) is 16.1 Å². The summed E-state index contributed by atoms with van der Waals surface area (Å²) in [5.74, 6) is 0.721. The van der Waals surface area contributed by atoms with Crippen molar-refractivity contribution in [2.24, 2.45) is 23.5 Å². The van der Waals surface area contributed by atoms with Crippen molar-refractivity contribution in [3.05, 3.63) is 34.9 Å². The summed E-state index contributed by atoms with van der Waals surface area (Å²) < 4.78 is 5.41. The smallest absolute Gasteiger partial charge is 0.311 e. The molecule has 2 bridgehead atoms. The minimum atomic E-state index is -0.139. The van der Waals surface area contributed by atoms with Gasteiger partial charge in [0, 0.05) is 11.1 Å². The second kappa shape index (κ2) is 5.14. The molecule has 0 heterocycles. The van der Waals surface area contributed by atoms with E-state index in [1.807, 2.05) is 18.2 Å². The van der Waals surface area contributed by atoms with Crippen LogP contribution < -0.4 is 5.73 Å². The Morgan fingerprint density at radius 2 is 2.16 bits per heavy atom. The van der Waals surface area contributed by atoms with E-state index in [4.69, 9.17) is 22.1 Å². The van der Waals surface area contributed by atoms with Crippen LogP contribution in [0.4, 0.5) is 0 Å². The molecule has 19 heavy (non-hydrogen) atoms. The van der Waals surface area contributed by atoms with E-state index < -0.39 is 0 Å². The molecular weight excluding hydrogens is 262 g/mol. The molecule has 3 rings (SSSR count). The summed E-state index contributed by atoms with van der Waals surface area (Å²) in [5.41, 5.74) is 7.05. The fourth-order valence-electron chi connectivity index (χ4n) is 3.56. The maximum atomic E-state index is 12.2. The van der Waals surface area contributed by atoms with Crippen LogP contribution in [0.1, 0.15) is 24.8 Å². The van der Waals surface area contributed by atoms with Gasteiger partial charge in [-0.2, -0.15) is 0 Å². The van der Waals surface area contributed by atoms with Crippen LogP contribution in [0, 0.1) is 17.8 Å². The summed E-state index contributed by atoms with van der Waals surface area (Å²) >= 11 is 5.90. The topological polar surface area (TPSA) is 52.3 Å². The number of ether oxygens (including phenoxy) is 1. The maximum absolute atomic E-state index is 12.2. The Kier molecular flexibility index (Phi) is 3.50. The number of carbonyl (C=O) groups is 1. The lowest BCUT2D eigenvalue weighted by Crippen LogP contribution is -2.40. The second-order valence-corrected chi connectivity index (χ2v) is 6.11. The number of nitrogens with two attached hydrogens (primary N) is 1. The molecule has 4 unspecified atom stereocenters. The monoisotopic (exact) mass is 279 g/mol. The third-order valence-electron chi connectivity index (χ3n) is 4.52. The highest BCUT2D eigenvalue weighted by Gasteiger charge is 2.49. The molecule has 2 aliphatic carbocycles. The lowest BCUT2D eigenvalue weighted by molar-refractivity contribution is -0.152. The standard InChI is InChI=1S/C15H18ClNO2/c16-12-3-1-2-9(6-12)8-19-15(18)13-10-4-5-11(7-10)14(13)17/h1-3,6,10-11,13-14H,4-5,7-8,17H2. The quantitative estimate of drug-likeness (QED) is 0.866. The molecule has 0 spiro atoms. The molecule has 102 valence electrons. The summed E-state index contributed by atoms with van der Waals surface area (Å²) in [4.78, 5) is 12.2. The van der Waals surface area contributed by atoms with Gasteiger partial charge in [-0.3, -0.25) is 4.79 Å². The van der Waals surface area contributed by atoms with Gasteiger partial charge in [0.1, 0.15) is 6.61 Å². The van der Waals surface area contributed by atoms with Gasteiger partial charge in [0.25, 0.3) is 0 Å². The molecule has 2 aliphatic rings. The van der Waals surface area contributed by atoms with E-state index >= 15 is 0 Å². The molecule has 2 N–H and O–H groups in total. The van der Waals surface area contributed by atoms with Crippen molar-refractivity contribution >= 4 is 17.6 Å². The predicted molar refractivity (Wildman–Crippen MR) is 73.5 cm³/mol. The molecular formula is C15H18ClNO2. The first-order chi connectivity index (χ1) is 9.15. The molecule has 2 fully saturated rings. The van der Waals surface area contributed by atoms with Crippen LogP contribution in [0.2, 0.25) is 5.02 Å². The molecule has 3 nitrogen and oxygen atoms in total. The van der Waals surface area contributed by atoms with Crippen LogP contribution in [-0.4, -0.2) is 12.0 Å². The van der Waals surface area contributed by atoms with Gasteiger partial charge in [-0.15, -0.1) is 0 Å². The van der Waals surface area contributed by atoms with Gasteiger partial charge in [-0.25, -0.2) is 0 Å². The first kappa shape index (κ1) is 12.9. The van der Waals surface area contributed by atoms with Gasteiger partial charge in [-0.1, -0.05) is 23.7 Å². The number of carbonyl (C=O) groups excluding carboxylic acids is 1. The number of esters is 1. The van der Waals surface area contributed by atoms with Crippen molar-refractivity contribution in [1.82, 2.24) is 0 Å². The molecule has 4 atom stereocenters. The van der Waals surface area contributed by atoms with E-state index in [9.17, 15) is 4.79 Å². The van der Waals surface area contributed by atoms with E-state index in [0.29, 0.717) is 16.9 Å². The SMILES string of the molecule is NC1C2CCC(C2)C1C(=O)OCc1cccc(Cl)c1. The largest absolute Gasteiger partial charge is 0.461 e. The Morgan fingerprint density at radius 1 is 1.37 bits per heavy atom. The lowest BCUT2D eigenvalue weighted by Gasteiger charge is -2.26. The molecule has 0 aromatic heterocycles. The van der Waals surface area contributed by atoms with E-state index in [0.717, 1.165) is 18.4 Å². The Labute approximate surface area is 118 Å². The van der Waals surface area contributed by atoms with Crippen molar-refractivity contribution in [3.8, 4) is 0 Å². The third kappa shape index (κ3) is 2.49. The molecule has 0 radical (unpaired) electrons. The van der Waals surface area contributed by atoms with Gasteiger partial charge in [-0.05, 0) is 48.8 Å². The molecule has 4 heteroatoms. The minimum absolute atomic E-state index is 0.00869. The van der Waals surface area contributed by atoms with Gasteiger partial charge in [0.2, 0.25) is 0 Å². The zero-order chi connectivity index (χ0) is 13.4. The number of rotatable bonds is 3. The highest BCUT2D eigenvalue weighted by Crippen LogP contribution is 2.48. The number of fused-ring (bicyclic) bond motifs is 2. The van der Waals surface area contributed by atoms with Crippen LogP contribution in [0.3, 0.4) is 0 Å². The molecule has 0 aliphatic heterocycles. The van der Waals surface area contributed by atoms with Crippen LogP contribution >= 0.6 is 11.6 Å². The highest BCUT2D eigenvalue weighted by atomic mass is 35.5. The summed E-state index contributed by atoms with van der Waals surface area (Å²) in [6, 6.07) is 7.37.